The lowest BCUT2D eigenvalue weighted by Gasteiger charge is -1.99. The van der Waals surface area contributed by atoms with Crippen molar-refractivity contribution in [1.29, 1.82) is 0 Å². The Bertz CT molecular complexity index is 559. The van der Waals surface area contributed by atoms with Gasteiger partial charge in [0.25, 0.3) is 0 Å². The molecule has 0 aliphatic carbocycles. The van der Waals surface area contributed by atoms with E-state index in [1.807, 2.05) is 30.3 Å². The summed E-state index contributed by atoms with van der Waals surface area (Å²) >= 11 is 0. The molecule has 92 valence electrons. The van der Waals surface area contributed by atoms with Gasteiger partial charge in [-0.15, -0.1) is 0 Å². The lowest BCUT2D eigenvalue weighted by atomic mass is 10.1. The van der Waals surface area contributed by atoms with Crippen LogP contribution in [0.4, 0.5) is 8.78 Å². The number of hydrogen-bond donors (Lipinski definition) is 0. The monoisotopic (exact) mass is 246 g/mol. The summed E-state index contributed by atoms with van der Waals surface area (Å²) in [6.07, 6.45) is 3.55. The summed E-state index contributed by atoms with van der Waals surface area (Å²) in [5.41, 5.74) is 1.57. The highest BCUT2D eigenvalue weighted by Gasteiger charge is 1.99. The zero-order chi connectivity index (χ0) is 13.0. The molecular formula is C15H12F2O. The second kappa shape index (κ2) is 5.45. The van der Waals surface area contributed by atoms with Gasteiger partial charge in [0.1, 0.15) is 5.75 Å². The van der Waals surface area contributed by atoms with Crippen molar-refractivity contribution in [1.82, 2.24) is 0 Å². The van der Waals surface area contributed by atoms with Crippen LogP contribution in [-0.2, 0) is 0 Å². The van der Waals surface area contributed by atoms with Gasteiger partial charge in [0.2, 0.25) is 0 Å². The summed E-state index contributed by atoms with van der Waals surface area (Å²) in [7, 11) is 1.60. The van der Waals surface area contributed by atoms with Crippen molar-refractivity contribution in [2.45, 2.75) is 0 Å². The van der Waals surface area contributed by atoms with Crippen LogP contribution < -0.4 is 4.74 Å². The van der Waals surface area contributed by atoms with E-state index in [9.17, 15) is 8.78 Å². The van der Waals surface area contributed by atoms with Gasteiger partial charge in [-0.3, -0.25) is 0 Å². The Balaban J connectivity index is 2.16. The topological polar surface area (TPSA) is 9.23 Å². The number of rotatable bonds is 3. The molecule has 0 spiro atoms. The van der Waals surface area contributed by atoms with Crippen molar-refractivity contribution in [3.8, 4) is 5.75 Å². The van der Waals surface area contributed by atoms with Crippen LogP contribution in [0.3, 0.4) is 0 Å². The smallest absolute Gasteiger partial charge is 0.159 e. The molecule has 0 atom stereocenters. The van der Waals surface area contributed by atoms with Gasteiger partial charge in [0.15, 0.2) is 11.6 Å². The van der Waals surface area contributed by atoms with E-state index in [1.54, 1.807) is 13.2 Å². The summed E-state index contributed by atoms with van der Waals surface area (Å²) in [4.78, 5) is 0. The third-order valence-electron chi connectivity index (χ3n) is 2.53. The Morgan fingerprint density at radius 2 is 1.44 bits per heavy atom. The fourth-order valence-corrected chi connectivity index (χ4v) is 1.52. The third-order valence-corrected chi connectivity index (χ3v) is 2.53. The highest BCUT2D eigenvalue weighted by molar-refractivity contribution is 5.69. The average molecular weight is 246 g/mol. The first-order valence-electron chi connectivity index (χ1n) is 5.46. The molecule has 0 N–H and O–H groups in total. The van der Waals surface area contributed by atoms with E-state index in [2.05, 4.69) is 0 Å². The molecular weight excluding hydrogens is 234 g/mol. The van der Waals surface area contributed by atoms with Crippen LogP contribution in [0.25, 0.3) is 12.2 Å². The molecule has 0 saturated heterocycles. The normalized spacial score (nSPS) is 10.8. The van der Waals surface area contributed by atoms with Crippen LogP contribution >= 0.6 is 0 Å². The number of ether oxygens (including phenoxy) is 1. The molecule has 0 aliphatic rings. The molecule has 0 aromatic heterocycles. The van der Waals surface area contributed by atoms with E-state index in [0.717, 1.165) is 23.4 Å². The van der Waals surface area contributed by atoms with Crippen LogP contribution in [0.1, 0.15) is 11.1 Å². The second-order valence-corrected chi connectivity index (χ2v) is 3.78. The Morgan fingerprint density at radius 1 is 0.833 bits per heavy atom. The Hall–Kier alpha value is -2.16. The van der Waals surface area contributed by atoms with Gasteiger partial charge in [-0.1, -0.05) is 30.4 Å². The molecule has 2 aromatic carbocycles. The van der Waals surface area contributed by atoms with Crippen molar-refractivity contribution in [3.05, 3.63) is 65.2 Å². The lowest BCUT2D eigenvalue weighted by Crippen LogP contribution is -1.84. The lowest BCUT2D eigenvalue weighted by molar-refractivity contribution is 0.415. The summed E-state index contributed by atoms with van der Waals surface area (Å²) < 4.78 is 30.8. The molecule has 0 amide bonds. The maximum atomic E-state index is 13.0. The van der Waals surface area contributed by atoms with Crippen LogP contribution in [-0.4, -0.2) is 7.11 Å². The molecule has 1 nitrogen and oxygen atoms in total. The van der Waals surface area contributed by atoms with Crippen LogP contribution in [0.5, 0.6) is 5.75 Å². The van der Waals surface area contributed by atoms with Crippen LogP contribution in [0.15, 0.2) is 42.5 Å². The minimum atomic E-state index is -0.841. The summed E-state index contributed by atoms with van der Waals surface area (Å²) in [6.45, 7) is 0. The number of hydrogen-bond acceptors (Lipinski definition) is 1. The second-order valence-electron chi connectivity index (χ2n) is 3.78. The van der Waals surface area contributed by atoms with E-state index >= 15 is 0 Å². The molecule has 2 aromatic rings. The van der Waals surface area contributed by atoms with Gasteiger partial charge in [-0.05, 0) is 35.4 Å². The van der Waals surface area contributed by atoms with Crippen molar-refractivity contribution in [2.24, 2.45) is 0 Å². The van der Waals surface area contributed by atoms with Gasteiger partial charge < -0.3 is 4.74 Å². The predicted octanol–water partition coefficient (Wildman–Crippen LogP) is 4.14. The van der Waals surface area contributed by atoms with Crippen LogP contribution in [0, 0.1) is 11.6 Å². The van der Waals surface area contributed by atoms with E-state index in [1.165, 1.54) is 6.07 Å². The molecule has 0 unspecified atom stereocenters. The van der Waals surface area contributed by atoms with Gasteiger partial charge in [-0.25, -0.2) is 8.78 Å². The molecule has 0 saturated carbocycles. The maximum absolute atomic E-state index is 13.0. The quantitative estimate of drug-likeness (QED) is 0.739. The zero-order valence-corrected chi connectivity index (χ0v) is 9.86. The fraction of sp³-hybridized carbons (Fsp3) is 0.0667. The molecule has 0 bridgehead atoms. The molecule has 0 radical (unpaired) electrons. The van der Waals surface area contributed by atoms with Crippen molar-refractivity contribution >= 4 is 12.2 Å². The van der Waals surface area contributed by atoms with Crippen LogP contribution in [0.2, 0.25) is 0 Å². The molecule has 0 aliphatic heterocycles. The van der Waals surface area contributed by atoms with Crippen molar-refractivity contribution < 1.29 is 13.5 Å². The maximum Gasteiger partial charge on any atom is 0.159 e. The first-order valence-corrected chi connectivity index (χ1v) is 5.46. The first kappa shape index (κ1) is 12.3. The van der Waals surface area contributed by atoms with Gasteiger partial charge >= 0.3 is 0 Å². The Morgan fingerprint density at radius 3 is 2.06 bits per heavy atom. The van der Waals surface area contributed by atoms with E-state index in [-0.39, 0.29) is 0 Å². The average Bonchev–Trinajstić information content (AvgIpc) is 2.41. The van der Waals surface area contributed by atoms with Gasteiger partial charge in [0.05, 0.1) is 7.11 Å². The third kappa shape index (κ3) is 2.94. The minimum Gasteiger partial charge on any atom is -0.497 e. The van der Waals surface area contributed by atoms with Gasteiger partial charge in [0, 0.05) is 0 Å². The molecule has 18 heavy (non-hydrogen) atoms. The SMILES string of the molecule is COc1ccc(C=Cc2ccc(F)c(F)c2)cc1. The minimum absolute atomic E-state index is 0.615. The van der Waals surface area contributed by atoms with Crippen molar-refractivity contribution in [2.75, 3.05) is 7.11 Å². The highest BCUT2D eigenvalue weighted by Crippen LogP contribution is 2.15. The van der Waals surface area contributed by atoms with Crippen molar-refractivity contribution in [3.63, 3.8) is 0 Å². The molecule has 0 heterocycles. The Kier molecular flexibility index (Phi) is 3.72. The predicted molar refractivity (Wildman–Crippen MR) is 68.3 cm³/mol. The first-order chi connectivity index (χ1) is 8.69. The zero-order valence-electron chi connectivity index (χ0n) is 9.86. The number of methoxy groups -OCH3 is 1. The fourth-order valence-electron chi connectivity index (χ4n) is 1.52. The molecule has 2 rings (SSSR count). The summed E-state index contributed by atoms with van der Waals surface area (Å²) in [6, 6.07) is 11.2. The standard InChI is InChI=1S/C15H12F2O/c1-18-13-7-4-11(5-8-13)2-3-12-6-9-14(16)15(17)10-12/h2-10H,1H3. The summed E-state index contributed by atoms with van der Waals surface area (Å²) in [5, 5.41) is 0. The Labute approximate surface area is 104 Å². The highest BCUT2D eigenvalue weighted by atomic mass is 19.2. The van der Waals surface area contributed by atoms with E-state index < -0.39 is 11.6 Å². The number of benzene rings is 2. The molecule has 3 heteroatoms. The van der Waals surface area contributed by atoms with E-state index in [0.29, 0.717) is 5.56 Å². The van der Waals surface area contributed by atoms with Gasteiger partial charge in [-0.2, -0.15) is 0 Å². The summed E-state index contributed by atoms with van der Waals surface area (Å²) in [5.74, 6) is -0.900. The number of halogens is 2. The molecule has 0 fully saturated rings. The van der Waals surface area contributed by atoms with E-state index in [4.69, 9.17) is 4.74 Å². The largest absolute Gasteiger partial charge is 0.497 e.